The fourth-order valence-electron chi connectivity index (χ4n) is 2.72. The Balaban J connectivity index is 1.96. The zero-order chi connectivity index (χ0) is 23.8. The summed E-state index contributed by atoms with van der Waals surface area (Å²) in [5.74, 6) is -0.365. The Bertz CT molecular complexity index is 1340. The number of halogens is 3. The highest BCUT2D eigenvalue weighted by Gasteiger charge is 2.33. The van der Waals surface area contributed by atoms with Crippen LogP contribution in [-0.2, 0) is 16.0 Å². The van der Waals surface area contributed by atoms with Crippen LogP contribution < -0.4 is 5.32 Å². The molecule has 2 heterocycles. The minimum absolute atomic E-state index is 0.227. The van der Waals surface area contributed by atoms with E-state index in [9.17, 15) is 26.4 Å². The molecule has 0 fully saturated rings. The zero-order valence-corrected chi connectivity index (χ0v) is 18.4. The normalized spacial score (nSPS) is 12.9. The Morgan fingerprint density at radius 1 is 1.31 bits per heavy atom. The van der Waals surface area contributed by atoms with Crippen molar-refractivity contribution in [1.82, 2.24) is 25.1 Å². The molecule has 0 aliphatic heterocycles. The number of nitrogens with one attached hydrogen (secondary N) is 1. The average molecular weight is 484 g/mol. The minimum Gasteiger partial charge on any atom is -0.342 e. The van der Waals surface area contributed by atoms with Crippen LogP contribution in [0.25, 0.3) is 5.13 Å². The molecule has 0 aliphatic rings. The number of rotatable bonds is 5. The summed E-state index contributed by atoms with van der Waals surface area (Å²) < 4.78 is 64.6. The molecule has 0 radical (unpaired) electrons. The van der Waals surface area contributed by atoms with Gasteiger partial charge in [-0.3, -0.25) is 4.79 Å². The first-order chi connectivity index (χ1) is 14.8. The van der Waals surface area contributed by atoms with Gasteiger partial charge in [0.15, 0.2) is 15.7 Å². The predicted molar refractivity (Wildman–Crippen MR) is 107 cm³/mol. The summed E-state index contributed by atoms with van der Waals surface area (Å²) in [6.07, 6.45) is -2.75. The Kier molecular flexibility index (Phi) is 6.07. The van der Waals surface area contributed by atoms with Crippen LogP contribution in [0.4, 0.5) is 13.2 Å². The predicted octanol–water partition coefficient (Wildman–Crippen LogP) is 2.82. The highest BCUT2D eigenvalue weighted by atomic mass is 32.2. The smallest absolute Gasteiger partial charge is 0.342 e. The van der Waals surface area contributed by atoms with Gasteiger partial charge >= 0.3 is 6.18 Å². The first kappa shape index (κ1) is 23.4. The van der Waals surface area contributed by atoms with Gasteiger partial charge < -0.3 is 5.32 Å². The van der Waals surface area contributed by atoms with Gasteiger partial charge in [-0.25, -0.2) is 18.4 Å². The second-order valence-corrected chi connectivity index (χ2v) is 9.78. The quantitative estimate of drug-likeness (QED) is 0.589. The van der Waals surface area contributed by atoms with Gasteiger partial charge in [0, 0.05) is 11.8 Å². The number of carbonyl (C=O) groups excluding carboxylic acids is 1. The van der Waals surface area contributed by atoms with E-state index in [1.165, 1.54) is 17.8 Å². The second-order valence-electron chi connectivity index (χ2n) is 6.76. The summed E-state index contributed by atoms with van der Waals surface area (Å²) in [6, 6.07) is 3.04. The van der Waals surface area contributed by atoms with Crippen LogP contribution in [0.5, 0.6) is 0 Å². The van der Waals surface area contributed by atoms with E-state index in [-0.39, 0.29) is 5.82 Å². The number of thiazole rings is 1. The Morgan fingerprint density at radius 3 is 2.56 bits per heavy atom. The summed E-state index contributed by atoms with van der Waals surface area (Å²) >= 11 is 1.04. The van der Waals surface area contributed by atoms with Crippen LogP contribution in [0.1, 0.15) is 45.4 Å². The Labute approximate surface area is 184 Å². The third-order valence-electron chi connectivity index (χ3n) is 4.18. The third-order valence-corrected chi connectivity index (χ3v) is 6.15. The van der Waals surface area contributed by atoms with Crippen molar-refractivity contribution in [3.8, 4) is 11.2 Å². The van der Waals surface area contributed by atoms with Gasteiger partial charge in [-0.05, 0) is 32.0 Å². The molecule has 1 aromatic carbocycles. The fraction of sp³-hybridized carbons (Fsp3) is 0.278. The van der Waals surface area contributed by atoms with E-state index in [0.29, 0.717) is 28.0 Å². The van der Waals surface area contributed by atoms with Crippen LogP contribution in [-0.4, -0.2) is 40.3 Å². The summed E-state index contributed by atoms with van der Waals surface area (Å²) in [4.78, 5) is 20.7. The standard InChI is InChI=1S/C18H15F3N6O3S2/c1-9(15-25-10(2)26-27(15)17-23-8-13(7-22)31-17)24-16(28)11-4-12(18(19,20)21)6-14(5-11)32(3,29)30/h4-6,8-9H,1-3H3,(H,24,28)/t9-/m0/s1. The van der Waals surface area contributed by atoms with Crippen LogP contribution in [0.3, 0.4) is 0 Å². The van der Waals surface area contributed by atoms with Gasteiger partial charge in [-0.15, -0.1) is 5.10 Å². The van der Waals surface area contributed by atoms with Crippen molar-refractivity contribution in [2.45, 2.75) is 31.0 Å². The number of nitriles is 1. The maximum absolute atomic E-state index is 13.2. The van der Waals surface area contributed by atoms with E-state index in [0.717, 1.165) is 23.7 Å². The number of aromatic nitrogens is 4. The fourth-order valence-corrected chi connectivity index (χ4v) is 4.08. The van der Waals surface area contributed by atoms with E-state index < -0.39 is 44.0 Å². The number of aryl methyl sites for hydroxylation is 1. The first-order valence-corrected chi connectivity index (χ1v) is 11.5. The van der Waals surface area contributed by atoms with Gasteiger partial charge in [0.2, 0.25) is 5.13 Å². The number of nitrogens with zero attached hydrogens (tertiary/aromatic N) is 5. The highest BCUT2D eigenvalue weighted by molar-refractivity contribution is 7.90. The molecular formula is C18H15F3N6O3S2. The minimum atomic E-state index is -4.85. The molecule has 168 valence electrons. The van der Waals surface area contributed by atoms with Crippen LogP contribution in [0.2, 0.25) is 0 Å². The largest absolute Gasteiger partial charge is 0.416 e. The molecule has 1 amide bonds. The number of hydrogen-bond donors (Lipinski definition) is 1. The molecule has 2 aromatic heterocycles. The van der Waals surface area contributed by atoms with Crippen LogP contribution in [0, 0.1) is 18.3 Å². The molecule has 9 nitrogen and oxygen atoms in total. The van der Waals surface area contributed by atoms with E-state index in [1.807, 2.05) is 6.07 Å². The molecule has 3 aromatic rings. The summed E-state index contributed by atoms with van der Waals surface area (Å²) in [6.45, 7) is 3.13. The van der Waals surface area contributed by atoms with E-state index in [1.54, 1.807) is 6.92 Å². The second kappa shape index (κ2) is 8.32. The molecule has 1 N–H and O–H groups in total. The van der Waals surface area contributed by atoms with Crippen molar-refractivity contribution >= 4 is 27.1 Å². The molecular weight excluding hydrogens is 469 g/mol. The SMILES string of the molecule is Cc1nc([C@H](C)NC(=O)c2cc(C(F)(F)F)cc(S(C)(=O)=O)c2)n(-c2ncc(C#N)s2)n1. The number of amides is 1. The zero-order valence-electron chi connectivity index (χ0n) is 16.8. The Morgan fingerprint density at radius 2 is 2.00 bits per heavy atom. The molecule has 14 heteroatoms. The van der Waals surface area contributed by atoms with Crippen LogP contribution in [0.15, 0.2) is 29.3 Å². The number of alkyl halides is 3. The van der Waals surface area contributed by atoms with Crippen LogP contribution >= 0.6 is 11.3 Å². The van der Waals surface area contributed by atoms with Gasteiger partial charge in [-0.2, -0.15) is 23.1 Å². The topological polar surface area (TPSA) is 131 Å². The van der Waals surface area contributed by atoms with E-state index in [4.69, 9.17) is 5.26 Å². The lowest BCUT2D eigenvalue weighted by Crippen LogP contribution is -2.29. The van der Waals surface area contributed by atoms with Gasteiger partial charge in [-0.1, -0.05) is 11.3 Å². The van der Waals surface area contributed by atoms with Crippen molar-refractivity contribution in [3.63, 3.8) is 0 Å². The van der Waals surface area contributed by atoms with E-state index in [2.05, 4.69) is 20.4 Å². The Hall–Kier alpha value is -3.31. The number of carbonyl (C=O) groups is 1. The maximum Gasteiger partial charge on any atom is 0.416 e. The summed E-state index contributed by atoms with van der Waals surface area (Å²) in [7, 11) is -4.00. The van der Waals surface area contributed by atoms with E-state index >= 15 is 0 Å². The molecule has 32 heavy (non-hydrogen) atoms. The van der Waals surface area contributed by atoms with Gasteiger partial charge in [0.05, 0.1) is 22.7 Å². The lowest BCUT2D eigenvalue weighted by atomic mass is 10.1. The lowest BCUT2D eigenvalue weighted by molar-refractivity contribution is -0.137. The molecule has 0 saturated heterocycles. The van der Waals surface area contributed by atoms with Crippen molar-refractivity contribution in [2.24, 2.45) is 0 Å². The number of sulfone groups is 1. The van der Waals surface area contributed by atoms with Crippen molar-refractivity contribution < 1.29 is 26.4 Å². The molecule has 0 saturated carbocycles. The molecule has 1 atom stereocenters. The summed E-state index contributed by atoms with van der Waals surface area (Å²) in [5.41, 5.74) is -1.74. The third kappa shape index (κ3) is 4.94. The molecule has 0 aliphatic carbocycles. The molecule has 0 bridgehead atoms. The lowest BCUT2D eigenvalue weighted by Gasteiger charge is -2.15. The molecule has 0 unspecified atom stereocenters. The number of hydrogen-bond acceptors (Lipinski definition) is 8. The van der Waals surface area contributed by atoms with Gasteiger partial charge in [0.25, 0.3) is 5.91 Å². The van der Waals surface area contributed by atoms with Crippen molar-refractivity contribution in [2.75, 3.05) is 6.26 Å². The monoisotopic (exact) mass is 484 g/mol. The van der Waals surface area contributed by atoms with Crippen molar-refractivity contribution in [1.29, 1.82) is 5.26 Å². The first-order valence-electron chi connectivity index (χ1n) is 8.82. The number of benzene rings is 1. The van der Waals surface area contributed by atoms with Crippen molar-refractivity contribution in [3.05, 3.63) is 52.0 Å². The molecule has 0 spiro atoms. The highest BCUT2D eigenvalue weighted by Crippen LogP contribution is 2.32. The average Bonchev–Trinajstić information content (AvgIpc) is 3.32. The maximum atomic E-state index is 13.2. The summed E-state index contributed by atoms with van der Waals surface area (Å²) in [5, 5.41) is 16.0. The van der Waals surface area contributed by atoms with Gasteiger partial charge in [0.1, 0.15) is 16.8 Å². The molecule has 3 rings (SSSR count).